The van der Waals surface area contributed by atoms with Gasteiger partial charge in [0.1, 0.15) is 16.3 Å². The molecule has 1 aliphatic carbocycles. The summed E-state index contributed by atoms with van der Waals surface area (Å²) in [7, 11) is 0. The molecule has 0 spiro atoms. The van der Waals surface area contributed by atoms with Crippen LogP contribution in [0.25, 0.3) is 17.0 Å². The molecular formula is C24H21F3N4O2S. The lowest BCUT2D eigenvalue weighted by molar-refractivity contribution is -0.137. The summed E-state index contributed by atoms with van der Waals surface area (Å²) in [5.41, 5.74) is 4.11. The third-order valence-corrected chi connectivity index (χ3v) is 7.58. The number of nitrogens with one attached hydrogen (secondary N) is 1. The van der Waals surface area contributed by atoms with Gasteiger partial charge in [0.15, 0.2) is 0 Å². The van der Waals surface area contributed by atoms with Crippen molar-refractivity contribution in [2.75, 3.05) is 0 Å². The number of alkyl halides is 3. The monoisotopic (exact) mass is 486 g/mol. The predicted molar refractivity (Wildman–Crippen MR) is 121 cm³/mol. The average molecular weight is 487 g/mol. The number of rotatable bonds is 4. The number of benzene rings is 1. The number of fused-ring (bicyclic) bond motifs is 1. The zero-order valence-electron chi connectivity index (χ0n) is 18.2. The molecule has 1 aliphatic rings. The molecule has 1 fully saturated rings. The molecule has 34 heavy (non-hydrogen) atoms. The number of aromatic nitrogens is 3. The molecule has 6 nitrogen and oxygen atoms in total. The number of hydroxylamine groups is 1. The Labute approximate surface area is 197 Å². The Bertz CT molecular complexity index is 1370. The molecular weight excluding hydrogens is 465 g/mol. The Morgan fingerprint density at radius 1 is 1.12 bits per heavy atom. The minimum absolute atomic E-state index is 0.331. The van der Waals surface area contributed by atoms with Gasteiger partial charge in [-0.2, -0.15) is 13.2 Å². The average Bonchev–Trinajstić information content (AvgIpc) is 3.55. The summed E-state index contributed by atoms with van der Waals surface area (Å²) in [6.07, 6.45) is 0.435. The summed E-state index contributed by atoms with van der Waals surface area (Å²) in [4.78, 5) is 21.1. The fourth-order valence-electron chi connectivity index (χ4n) is 4.85. The van der Waals surface area contributed by atoms with Gasteiger partial charge in [-0.05, 0) is 49.6 Å². The van der Waals surface area contributed by atoms with E-state index in [1.54, 1.807) is 24.5 Å². The second-order valence-electron chi connectivity index (χ2n) is 8.53. The molecule has 5 rings (SSSR count). The fraction of sp³-hybridized carbons (Fsp3) is 0.292. The van der Waals surface area contributed by atoms with Gasteiger partial charge in [-0.1, -0.05) is 25.0 Å². The molecule has 4 aromatic rings. The highest BCUT2D eigenvalue weighted by molar-refractivity contribution is 7.10. The summed E-state index contributed by atoms with van der Waals surface area (Å²) in [6, 6.07) is 9.50. The van der Waals surface area contributed by atoms with E-state index in [0.717, 1.165) is 48.5 Å². The van der Waals surface area contributed by atoms with Crippen LogP contribution in [0.2, 0.25) is 0 Å². The molecule has 3 heterocycles. The number of halogens is 3. The third-order valence-electron chi connectivity index (χ3n) is 6.53. The maximum atomic E-state index is 13.3. The van der Waals surface area contributed by atoms with E-state index in [1.165, 1.54) is 21.8 Å². The smallest absolute Gasteiger partial charge is 0.297 e. The Balaban J connectivity index is 1.58. The number of carbonyl (C=O) groups is 1. The van der Waals surface area contributed by atoms with Crippen molar-refractivity contribution in [3.8, 4) is 11.4 Å². The lowest BCUT2D eigenvalue weighted by Gasteiger charge is -2.27. The number of amides is 1. The van der Waals surface area contributed by atoms with E-state index in [4.69, 9.17) is 10.2 Å². The SMILES string of the molecule is Cc1nc2ccc(C(F)(F)F)cn2c1-c1csc(C2(c3ccc(C(=O)NO)cc3)CCCC2)n1. The second-order valence-corrected chi connectivity index (χ2v) is 9.39. The lowest BCUT2D eigenvalue weighted by atomic mass is 9.79. The van der Waals surface area contributed by atoms with Crippen LogP contribution in [0.15, 0.2) is 48.0 Å². The van der Waals surface area contributed by atoms with Crippen molar-refractivity contribution in [1.29, 1.82) is 0 Å². The molecule has 1 saturated carbocycles. The van der Waals surface area contributed by atoms with Gasteiger partial charge in [0, 0.05) is 22.6 Å². The lowest BCUT2D eigenvalue weighted by Crippen LogP contribution is -2.24. The standard InChI is InChI=1S/C24H21F3N4O2S/c1-14-20(31-12-17(24(25,26)27)8-9-19(31)28-14)18-13-34-22(29-18)23(10-2-3-11-23)16-6-4-15(5-7-16)21(32)30-33/h4-9,12-13,33H,2-3,10-11H2,1H3,(H,30,32). The summed E-state index contributed by atoms with van der Waals surface area (Å²) >= 11 is 1.49. The summed E-state index contributed by atoms with van der Waals surface area (Å²) < 4.78 is 41.4. The van der Waals surface area contributed by atoms with Crippen LogP contribution in [0.4, 0.5) is 13.2 Å². The number of hydrogen-bond acceptors (Lipinski definition) is 5. The Hall–Kier alpha value is -3.24. The van der Waals surface area contributed by atoms with E-state index in [2.05, 4.69) is 4.98 Å². The van der Waals surface area contributed by atoms with Crippen LogP contribution in [-0.4, -0.2) is 25.5 Å². The maximum Gasteiger partial charge on any atom is 0.417 e. The van der Waals surface area contributed by atoms with Crippen LogP contribution in [0, 0.1) is 6.92 Å². The number of imidazole rings is 1. The highest BCUT2D eigenvalue weighted by Gasteiger charge is 2.40. The number of carbonyl (C=O) groups excluding carboxylic acids is 1. The molecule has 1 amide bonds. The quantitative estimate of drug-likeness (QED) is 0.284. The molecule has 0 radical (unpaired) electrons. The number of pyridine rings is 1. The van der Waals surface area contributed by atoms with Crippen molar-refractivity contribution in [2.24, 2.45) is 0 Å². The zero-order chi connectivity index (χ0) is 24.1. The van der Waals surface area contributed by atoms with E-state index in [0.29, 0.717) is 28.3 Å². The zero-order valence-corrected chi connectivity index (χ0v) is 19.0. The highest BCUT2D eigenvalue weighted by Crippen LogP contribution is 2.48. The first-order valence-corrected chi connectivity index (χ1v) is 11.7. The van der Waals surface area contributed by atoms with Crippen LogP contribution in [-0.2, 0) is 11.6 Å². The molecule has 1 aromatic carbocycles. The first-order chi connectivity index (χ1) is 16.2. The summed E-state index contributed by atoms with van der Waals surface area (Å²) in [5, 5.41) is 11.6. The summed E-state index contributed by atoms with van der Waals surface area (Å²) in [5.74, 6) is -0.579. The van der Waals surface area contributed by atoms with Crippen molar-refractivity contribution in [3.05, 3.63) is 75.4 Å². The van der Waals surface area contributed by atoms with Crippen LogP contribution in [0.3, 0.4) is 0 Å². The van der Waals surface area contributed by atoms with Gasteiger partial charge in [-0.25, -0.2) is 15.4 Å². The largest absolute Gasteiger partial charge is 0.417 e. The second kappa shape index (κ2) is 8.21. The first-order valence-electron chi connectivity index (χ1n) is 10.8. The van der Waals surface area contributed by atoms with Gasteiger partial charge in [0.2, 0.25) is 0 Å². The molecule has 0 atom stereocenters. The van der Waals surface area contributed by atoms with Crippen molar-refractivity contribution in [2.45, 2.75) is 44.2 Å². The van der Waals surface area contributed by atoms with Crippen LogP contribution in [0.5, 0.6) is 0 Å². The van der Waals surface area contributed by atoms with Crippen molar-refractivity contribution >= 4 is 22.9 Å². The van der Waals surface area contributed by atoms with E-state index in [9.17, 15) is 18.0 Å². The van der Waals surface area contributed by atoms with Gasteiger partial charge in [-0.3, -0.25) is 14.4 Å². The van der Waals surface area contributed by atoms with E-state index < -0.39 is 17.6 Å². The third kappa shape index (κ3) is 3.67. The van der Waals surface area contributed by atoms with Crippen molar-refractivity contribution in [1.82, 2.24) is 19.8 Å². The van der Waals surface area contributed by atoms with Crippen molar-refractivity contribution < 1.29 is 23.2 Å². The molecule has 3 aromatic heterocycles. The number of nitrogens with zero attached hydrogens (tertiary/aromatic N) is 3. The van der Waals surface area contributed by atoms with E-state index in [-0.39, 0.29) is 5.41 Å². The highest BCUT2D eigenvalue weighted by atomic mass is 32.1. The Morgan fingerprint density at radius 2 is 1.82 bits per heavy atom. The van der Waals surface area contributed by atoms with Crippen LogP contribution >= 0.6 is 11.3 Å². The number of aryl methyl sites for hydroxylation is 1. The minimum Gasteiger partial charge on any atom is -0.297 e. The van der Waals surface area contributed by atoms with Gasteiger partial charge in [-0.15, -0.1) is 11.3 Å². The normalized spacial score (nSPS) is 15.7. The fourth-order valence-corrected chi connectivity index (χ4v) is 5.94. The first kappa shape index (κ1) is 22.5. The van der Waals surface area contributed by atoms with Crippen LogP contribution in [0.1, 0.15) is 57.9 Å². The molecule has 0 unspecified atom stereocenters. The van der Waals surface area contributed by atoms with E-state index in [1.807, 2.05) is 17.5 Å². The number of thiazole rings is 1. The molecule has 0 aliphatic heterocycles. The minimum atomic E-state index is -4.45. The predicted octanol–water partition coefficient (Wildman–Crippen LogP) is 5.76. The van der Waals surface area contributed by atoms with Crippen LogP contribution < -0.4 is 5.48 Å². The van der Waals surface area contributed by atoms with Gasteiger partial charge >= 0.3 is 6.18 Å². The topological polar surface area (TPSA) is 79.5 Å². The summed E-state index contributed by atoms with van der Waals surface area (Å²) in [6.45, 7) is 1.77. The Kier molecular flexibility index (Phi) is 5.44. The molecule has 10 heteroatoms. The van der Waals surface area contributed by atoms with Crippen molar-refractivity contribution in [3.63, 3.8) is 0 Å². The van der Waals surface area contributed by atoms with Gasteiger partial charge in [0.25, 0.3) is 5.91 Å². The molecule has 2 N–H and O–H groups in total. The van der Waals surface area contributed by atoms with Gasteiger partial charge in [0.05, 0.1) is 17.0 Å². The molecule has 0 bridgehead atoms. The van der Waals surface area contributed by atoms with Gasteiger partial charge < -0.3 is 0 Å². The molecule has 176 valence electrons. The van der Waals surface area contributed by atoms with E-state index >= 15 is 0 Å². The number of hydrogen-bond donors (Lipinski definition) is 2. The molecule has 0 saturated heterocycles. The Morgan fingerprint density at radius 3 is 2.47 bits per heavy atom. The maximum absolute atomic E-state index is 13.3.